The number of aryl methyl sites for hydroxylation is 1. The molecule has 0 aliphatic carbocycles. The maximum atomic E-state index is 11.8. The molecule has 0 aromatic carbocycles. The number of carbonyl (C=O) groups is 1. The summed E-state index contributed by atoms with van der Waals surface area (Å²) in [6, 6.07) is 5.73. The minimum Gasteiger partial charge on any atom is -0.284 e. The van der Waals surface area contributed by atoms with Crippen LogP contribution in [0.2, 0.25) is 0 Å². The molecule has 15 heavy (non-hydrogen) atoms. The maximum absolute atomic E-state index is 11.8. The second-order valence-electron chi connectivity index (χ2n) is 3.27. The van der Waals surface area contributed by atoms with Gasteiger partial charge in [-0.1, -0.05) is 6.07 Å². The third kappa shape index (κ3) is 2.47. The number of nitrogens with zero attached hydrogens (tertiary/aromatic N) is 2. The predicted octanol–water partition coefficient (Wildman–Crippen LogP) is 1.62. The van der Waals surface area contributed by atoms with Gasteiger partial charge in [0.2, 0.25) is 6.54 Å². The van der Waals surface area contributed by atoms with Crippen LogP contribution < -0.4 is 4.57 Å². The quantitative estimate of drug-likeness (QED) is 0.580. The third-order valence-electron chi connectivity index (χ3n) is 1.96. The molecule has 3 nitrogen and oxygen atoms in total. The van der Waals surface area contributed by atoms with Crippen molar-refractivity contribution in [1.82, 2.24) is 4.98 Å². The Labute approximate surface area is 92.0 Å². The number of rotatable bonds is 3. The Balaban J connectivity index is 2.11. The first-order valence-electron chi connectivity index (χ1n) is 4.65. The van der Waals surface area contributed by atoms with E-state index in [-0.39, 0.29) is 5.78 Å². The molecular weight excluding hydrogens is 208 g/mol. The number of Topliss-reactive ketones (excluding diaryl/α,β-unsaturated/α-hetero) is 1. The fourth-order valence-electron chi connectivity index (χ4n) is 1.26. The van der Waals surface area contributed by atoms with Gasteiger partial charge in [-0.15, -0.1) is 11.3 Å². The van der Waals surface area contributed by atoms with Crippen LogP contribution in [0.15, 0.2) is 36.0 Å². The van der Waals surface area contributed by atoms with E-state index in [1.807, 2.05) is 47.5 Å². The average Bonchev–Trinajstić information content (AvgIpc) is 2.66. The Morgan fingerprint density at radius 3 is 2.73 bits per heavy atom. The summed E-state index contributed by atoms with van der Waals surface area (Å²) in [5, 5.41) is 2.48. The van der Waals surface area contributed by atoms with Crippen molar-refractivity contribution < 1.29 is 9.36 Å². The van der Waals surface area contributed by atoms with E-state index in [0.29, 0.717) is 11.6 Å². The molecule has 0 aliphatic heterocycles. The highest BCUT2D eigenvalue weighted by Gasteiger charge is 2.14. The molecule has 0 aliphatic rings. The van der Waals surface area contributed by atoms with Gasteiger partial charge in [0.05, 0.1) is 0 Å². The molecular formula is C11H11N2OS+. The van der Waals surface area contributed by atoms with Gasteiger partial charge in [0, 0.05) is 23.2 Å². The second kappa shape index (κ2) is 4.31. The monoisotopic (exact) mass is 219 g/mol. The van der Waals surface area contributed by atoms with Crippen molar-refractivity contribution in [2.24, 2.45) is 0 Å². The van der Waals surface area contributed by atoms with E-state index in [1.54, 1.807) is 0 Å². The van der Waals surface area contributed by atoms with Crippen LogP contribution in [0.4, 0.5) is 0 Å². The summed E-state index contributed by atoms with van der Waals surface area (Å²) in [5.41, 5.74) is 0.904. The van der Waals surface area contributed by atoms with Crippen LogP contribution in [0.5, 0.6) is 0 Å². The van der Waals surface area contributed by atoms with Crippen molar-refractivity contribution >= 4 is 17.1 Å². The zero-order chi connectivity index (χ0) is 10.7. The van der Waals surface area contributed by atoms with Gasteiger partial charge in [-0.05, 0) is 6.92 Å². The summed E-state index contributed by atoms with van der Waals surface area (Å²) < 4.78 is 1.85. The minimum absolute atomic E-state index is 0.0595. The fourth-order valence-corrected chi connectivity index (χ4v) is 1.98. The molecule has 2 rings (SSSR count). The molecule has 0 fully saturated rings. The van der Waals surface area contributed by atoms with E-state index >= 15 is 0 Å². The van der Waals surface area contributed by atoms with Crippen molar-refractivity contribution in [3.05, 3.63) is 46.7 Å². The Kier molecular flexibility index (Phi) is 2.87. The standard InChI is InChI=1S/C11H11N2OS/c1-9-8-15-11(12-9)10(14)7-13-5-3-2-4-6-13/h2-6,8H,7H2,1H3/q+1. The molecule has 76 valence electrons. The SMILES string of the molecule is Cc1csc(C(=O)C[n+]2ccccc2)n1. The number of hydrogen-bond acceptors (Lipinski definition) is 3. The highest BCUT2D eigenvalue weighted by molar-refractivity contribution is 7.11. The van der Waals surface area contributed by atoms with Crippen molar-refractivity contribution in [3.8, 4) is 0 Å². The lowest BCUT2D eigenvalue weighted by Gasteiger charge is -1.92. The first kappa shape index (κ1) is 9.98. The molecule has 0 unspecified atom stereocenters. The molecule has 2 aromatic rings. The Bertz CT molecular complexity index is 464. The van der Waals surface area contributed by atoms with Crippen LogP contribution in [0, 0.1) is 6.92 Å². The minimum atomic E-state index is 0.0595. The van der Waals surface area contributed by atoms with Crippen LogP contribution in [0.25, 0.3) is 0 Å². The Morgan fingerprint density at radius 1 is 1.40 bits per heavy atom. The van der Waals surface area contributed by atoms with Gasteiger partial charge in [-0.2, -0.15) is 4.57 Å². The maximum Gasteiger partial charge on any atom is 0.255 e. The first-order chi connectivity index (χ1) is 7.25. The van der Waals surface area contributed by atoms with Gasteiger partial charge < -0.3 is 0 Å². The number of aromatic nitrogens is 2. The van der Waals surface area contributed by atoms with Crippen molar-refractivity contribution in [3.63, 3.8) is 0 Å². The van der Waals surface area contributed by atoms with Crippen LogP contribution in [-0.4, -0.2) is 10.8 Å². The lowest BCUT2D eigenvalue weighted by Crippen LogP contribution is -2.36. The lowest BCUT2D eigenvalue weighted by molar-refractivity contribution is -0.683. The van der Waals surface area contributed by atoms with E-state index in [9.17, 15) is 4.79 Å². The van der Waals surface area contributed by atoms with E-state index in [0.717, 1.165) is 5.69 Å². The van der Waals surface area contributed by atoms with Gasteiger partial charge in [-0.25, -0.2) is 4.98 Å². The summed E-state index contributed by atoms with van der Waals surface area (Å²) in [6.45, 7) is 2.25. The van der Waals surface area contributed by atoms with Crippen LogP contribution in [0.1, 0.15) is 15.5 Å². The molecule has 0 N–H and O–H groups in total. The van der Waals surface area contributed by atoms with E-state index < -0.39 is 0 Å². The third-order valence-corrected chi connectivity index (χ3v) is 2.96. The molecule has 0 bridgehead atoms. The normalized spacial score (nSPS) is 10.2. The van der Waals surface area contributed by atoms with Gasteiger partial charge >= 0.3 is 0 Å². The van der Waals surface area contributed by atoms with Crippen LogP contribution >= 0.6 is 11.3 Å². The largest absolute Gasteiger partial charge is 0.284 e. The number of thiazole rings is 1. The van der Waals surface area contributed by atoms with Gasteiger partial charge in [0.25, 0.3) is 5.78 Å². The second-order valence-corrected chi connectivity index (χ2v) is 4.12. The smallest absolute Gasteiger partial charge is 0.255 e. The van der Waals surface area contributed by atoms with Crippen molar-refractivity contribution in [2.45, 2.75) is 13.5 Å². The first-order valence-corrected chi connectivity index (χ1v) is 5.53. The summed E-state index contributed by atoms with van der Waals surface area (Å²) >= 11 is 1.40. The van der Waals surface area contributed by atoms with E-state index in [2.05, 4.69) is 4.98 Å². The van der Waals surface area contributed by atoms with Gasteiger partial charge in [-0.3, -0.25) is 4.79 Å². The summed E-state index contributed by atoms with van der Waals surface area (Å²) in [4.78, 5) is 15.9. The number of carbonyl (C=O) groups excluding carboxylic acids is 1. The highest BCUT2D eigenvalue weighted by Crippen LogP contribution is 2.09. The molecule has 0 saturated heterocycles. The van der Waals surface area contributed by atoms with Crippen molar-refractivity contribution in [2.75, 3.05) is 0 Å². The van der Waals surface area contributed by atoms with Crippen molar-refractivity contribution in [1.29, 1.82) is 0 Å². The van der Waals surface area contributed by atoms with E-state index in [1.165, 1.54) is 11.3 Å². The zero-order valence-electron chi connectivity index (χ0n) is 8.38. The zero-order valence-corrected chi connectivity index (χ0v) is 9.20. The molecule has 4 heteroatoms. The number of hydrogen-bond donors (Lipinski definition) is 0. The Morgan fingerprint density at radius 2 is 2.13 bits per heavy atom. The average molecular weight is 219 g/mol. The summed E-state index contributed by atoms with van der Waals surface area (Å²) in [7, 11) is 0. The fraction of sp³-hybridized carbons (Fsp3) is 0.182. The molecule has 2 heterocycles. The molecule has 0 radical (unpaired) electrons. The lowest BCUT2D eigenvalue weighted by atomic mass is 10.4. The molecule has 2 aromatic heterocycles. The highest BCUT2D eigenvalue weighted by atomic mass is 32.1. The topological polar surface area (TPSA) is 33.8 Å². The number of ketones is 1. The molecule has 0 saturated carbocycles. The van der Waals surface area contributed by atoms with Gasteiger partial charge in [0.1, 0.15) is 0 Å². The molecule has 0 spiro atoms. The number of pyridine rings is 1. The molecule has 0 atom stereocenters. The van der Waals surface area contributed by atoms with Gasteiger partial charge in [0.15, 0.2) is 17.4 Å². The summed E-state index contributed by atoms with van der Waals surface area (Å²) in [5.74, 6) is 0.0595. The summed E-state index contributed by atoms with van der Waals surface area (Å²) in [6.07, 6.45) is 3.75. The Hall–Kier alpha value is -1.55. The predicted molar refractivity (Wildman–Crippen MR) is 57.8 cm³/mol. The van der Waals surface area contributed by atoms with Crippen LogP contribution in [-0.2, 0) is 6.54 Å². The van der Waals surface area contributed by atoms with Crippen LogP contribution in [0.3, 0.4) is 0 Å². The van der Waals surface area contributed by atoms with E-state index in [4.69, 9.17) is 0 Å². The molecule has 0 amide bonds.